The average molecular weight is 512 g/mol. The van der Waals surface area contributed by atoms with Crippen LogP contribution in [0.25, 0.3) is 5.69 Å². The highest BCUT2D eigenvalue weighted by molar-refractivity contribution is 7.80. The number of nitrogens with zero attached hydrogens (tertiary/aromatic N) is 3. The zero-order valence-electron chi connectivity index (χ0n) is 20.5. The van der Waals surface area contributed by atoms with Crippen LogP contribution in [0.2, 0.25) is 0 Å². The summed E-state index contributed by atoms with van der Waals surface area (Å²) in [6.07, 6.45) is 4.90. The average Bonchev–Trinajstić information content (AvgIpc) is 3.53. The number of aromatic nitrogens is 2. The first-order valence-electron chi connectivity index (χ1n) is 12.4. The van der Waals surface area contributed by atoms with Crippen molar-refractivity contribution in [3.05, 3.63) is 108 Å². The van der Waals surface area contributed by atoms with E-state index in [0.29, 0.717) is 11.7 Å². The molecule has 0 spiro atoms. The van der Waals surface area contributed by atoms with Gasteiger partial charge in [0.2, 0.25) is 5.91 Å². The lowest BCUT2D eigenvalue weighted by Gasteiger charge is -2.29. The predicted octanol–water partition coefficient (Wildman–Crippen LogP) is 5.14. The van der Waals surface area contributed by atoms with E-state index in [2.05, 4.69) is 38.1 Å². The third kappa shape index (κ3) is 5.20. The van der Waals surface area contributed by atoms with E-state index in [-0.39, 0.29) is 30.2 Å². The molecule has 1 amide bonds. The van der Waals surface area contributed by atoms with Gasteiger partial charge in [0, 0.05) is 42.4 Å². The fraction of sp³-hybridized carbons (Fsp3) is 0.207. The van der Waals surface area contributed by atoms with Crippen molar-refractivity contribution in [2.75, 3.05) is 11.9 Å². The lowest BCUT2D eigenvalue weighted by molar-refractivity contribution is -0.116. The molecule has 3 N–H and O–H groups in total. The van der Waals surface area contributed by atoms with E-state index in [1.54, 1.807) is 18.3 Å². The number of phenolic OH excluding ortho intramolecular Hbond substituents is 1. The summed E-state index contributed by atoms with van der Waals surface area (Å²) in [4.78, 5) is 19.6. The first kappa shape index (κ1) is 24.5. The van der Waals surface area contributed by atoms with Crippen LogP contribution in [0, 0.1) is 0 Å². The molecule has 1 aliphatic rings. The number of amides is 1. The van der Waals surface area contributed by atoms with E-state index in [0.717, 1.165) is 34.7 Å². The Bertz CT molecular complexity index is 1390. The van der Waals surface area contributed by atoms with Gasteiger partial charge in [-0.1, -0.05) is 31.2 Å². The van der Waals surface area contributed by atoms with Crippen LogP contribution >= 0.6 is 12.2 Å². The molecular weight excluding hydrogens is 482 g/mol. The van der Waals surface area contributed by atoms with Gasteiger partial charge in [0.15, 0.2) is 5.11 Å². The number of rotatable bonds is 8. The highest BCUT2D eigenvalue weighted by atomic mass is 32.1. The molecule has 188 valence electrons. The summed E-state index contributed by atoms with van der Waals surface area (Å²) in [5, 5.41) is 16.9. The topological polar surface area (TPSA) is 82.4 Å². The van der Waals surface area contributed by atoms with Crippen LogP contribution in [0.1, 0.15) is 42.4 Å². The minimum Gasteiger partial charge on any atom is -0.508 e. The highest BCUT2D eigenvalue weighted by Crippen LogP contribution is 2.39. The molecule has 1 saturated heterocycles. The summed E-state index contributed by atoms with van der Waals surface area (Å²) in [6, 6.07) is 24.5. The SMILES string of the molecule is CCc1ccccc1NC(=O)CCN1C(=S)N[C@H](c2ccccn2)[C@H]1c1cccn1-c1ccc(O)cc1. The van der Waals surface area contributed by atoms with E-state index < -0.39 is 0 Å². The molecule has 0 bridgehead atoms. The van der Waals surface area contributed by atoms with Gasteiger partial charge >= 0.3 is 0 Å². The van der Waals surface area contributed by atoms with Gasteiger partial charge in [-0.05, 0) is 78.8 Å². The summed E-state index contributed by atoms with van der Waals surface area (Å²) >= 11 is 5.78. The lowest BCUT2D eigenvalue weighted by atomic mass is 10.0. The van der Waals surface area contributed by atoms with Gasteiger partial charge in [-0.25, -0.2) is 0 Å². The molecular formula is C29H29N5O2S. The Labute approximate surface area is 221 Å². The number of thiocarbonyl (C=S) groups is 1. The lowest BCUT2D eigenvalue weighted by Crippen LogP contribution is -2.33. The van der Waals surface area contributed by atoms with Crippen molar-refractivity contribution in [3.8, 4) is 11.4 Å². The first-order chi connectivity index (χ1) is 18.0. The molecule has 37 heavy (non-hydrogen) atoms. The fourth-order valence-corrected chi connectivity index (χ4v) is 5.17. The fourth-order valence-electron chi connectivity index (χ4n) is 4.84. The Morgan fingerprint density at radius 1 is 1.05 bits per heavy atom. The second kappa shape index (κ2) is 10.8. The van der Waals surface area contributed by atoms with Crippen molar-refractivity contribution in [3.63, 3.8) is 0 Å². The molecule has 1 fully saturated rings. The van der Waals surface area contributed by atoms with Gasteiger partial charge in [-0.2, -0.15) is 0 Å². The smallest absolute Gasteiger partial charge is 0.226 e. The van der Waals surface area contributed by atoms with Crippen molar-refractivity contribution in [1.82, 2.24) is 19.8 Å². The molecule has 0 unspecified atom stereocenters. The minimum atomic E-state index is -0.193. The van der Waals surface area contributed by atoms with Gasteiger partial charge in [0.1, 0.15) is 5.75 Å². The number of carbonyl (C=O) groups is 1. The van der Waals surface area contributed by atoms with Crippen LogP contribution in [0.15, 0.2) is 91.3 Å². The first-order valence-corrected chi connectivity index (χ1v) is 12.8. The molecule has 1 aliphatic heterocycles. The zero-order chi connectivity index (χ0) is 25.8. The Morgan fingerprint density at radius 2 is 1.84 bits per heavy atom. The summed E-state index contributed by atoms with van der Waals surface area (Å²) < 4.78 is 2.08. The van der Waals surface area contributed by atoms with Crippen LogP contribution in [-0.2, 0) is 11.2 Å². The molecule has 0 aliphatic carbocycles. The number of para-hydroxylation sites is 1. The maximum absolute atomic E-state index is 13.0. The summed E-state index contributed by atoms with van der Waals surface area (Å²) in [6.45, 7) is 2.52. The number of aromatic hydroxyl groups is 1. The number of benzene rings is 2. The van der Waals surface area contributed by atoms with Crippen LogP contribution in [0.5, 0.6) is 5.75 Å². The third-order valence-corrected chi connectivity index (χ3v) is 7.01. The molecule has 8 heteroatoms. The zero-order valence-corrected chi connectivity index (χ0v) is 21.4. The van der Waals surface area contributed by atoms with Crippen LogP contribution in [0.4, 0.5) is 5.69 Å². The standard InChI is InChI=1S/C29H29N5O2S/c1-2-20-8-3-4-9-23(20)31-26(36)16-19-34-28(27(32-29(34)37)24-10-5-6-17-30-24)25-11-7-18-33(25)21-12-14-22(35)15-13-21/h3-15,17-18,27-28,35H,2,16,19H2,1H3,(H,31,36)(H,32,37)/t27-,28-/m1/s1. The van der Waals surface area contributed by atoms with E-state index in [4.69, 9.17) is 12.2 Å². The van der Waals surface area contributed by atoms with E-state index in [1.807, 2.05) is 66.9 Å². The number of nitrogens with one attached hydrogen (secondary N) is 2. The number of phenols is 1. The number of hydrogen-bond donors (Lipinski definition) is 3. The molecule has 3 heterocycles. The molecule has 5 rings (SSSR count). The molecule has 4 aromatic rings. The van der Waals surface area contributed by atoms with Crippen molar-refractivity contribution in [2.24, 2.45) is 0 Å². The van der Waals surface area contributed by atoms with Gasteiger partial charge in [-0.15, -0.1) is 0 Å². The van der Waals surface area contributed by atoms with Crippen molar-refractivity contribution < 1.29 is 9.90 Å². The Kier molecular flexibility index (Phi) is 7.18. The molecule has 2 aromatic heterocycles. The number of pyridine rings is 1. The van der Waals surface area contributed by atoms with Gasteiger partial charge < -0.3 is 25.2 Å². The van der Waals surface area contributed by atoms with E-state index >= 15 is 0 Å². The molecule has 2 atom stereocenters. The largest absolute Gasteiger partial charge is 0.508 e. The minimum absolute atomic E-state index is 0.0577. The molecule has 0 saturated carbocycles. The van der Waals surface area contributed by atoms with Gasteiger partial charge in [0.05, 0.1) is 17.8 Å². The Balaban J connectivity index is 1.43. The summed E-state index contributed by atoms with van der Waals surface area (Å²) in [5.41, 5.74) is 4.75. The second-order valence-corrected chi connectivity index (χ2v) is 9.34. The predicted molar refractivity (Wildman–Crippen MR) is 149 cm³/mol. The monoisotopic (exact) mass is 511 g/mol. The summed E-state index contributed by atoms with van der Waals surface area (Å²) in [5.74, 6) is 0.155. The highest BCUT2D eigenvalue weighted by Gasteiger charge is 2.41. The number of carbonyl (C=O) groups excluding carboxylic acids is 1. The third-order valence-electron chi connectivity index (χ3n) is 6.66. The Hall–Kier alpha value is -4.17. The van der Waals surface area contributed by atoms with Crippen molar-refractivity contribution in [2.45, 2.75) is 31.8 Å². The Morgan fingerprint density at radius 3 is 2.59 bits per heavy atom. The van der Waals surface area contributed by atoms with Gasteiger partial charge in [-0.3, -0.25) is 9.78 Å². The van der Waals surface area contributed by atoms with Crippen LogP contribution in [-0.4, -0.2) is 37.1 Å². The molecule has 2 aromatic carbocycles. The number of hydrogen-bond acceptors (Lipinski definition) is 4. The summed E-state index contributed by atoms with van der Waals surface area (Å²) in [7, 11) is 0. The maximum Gasteiger partial charge on any atom is 0.226 e. The molecule has 7 nitrogen and oxygen atoms in total. The second-order valence-electron chi connectivity index (χ2n) is 8.95. The number of anilines is 1. The van der Waals surface area contributed by atoms with E-state index in [1.165, 1.54) is 0 Å². The molecule has 0 radical (unpaired) electrons. The van der Waals surface area contributed by atoms with Crippen molar-refractivity contribution in [1.29, 1.82) is 0 Å². The van der Waals surface area contributed by atoms with Crippen molar-refractivity contribution >= 4 is 28.9 Å². The van der Waals surface area contributed by atoms with Crippen LogP contribution in [0.3, 0.4) is 0 Å². The maximum atomic E-state index is 13.0. The van der Waals surface area contributed by atoms with E-state index in [9.17, 15) is 9.90 Å². The van der Waals surface area contributed by atoms with Gasteiger partial charge in [0.25, 0.3) is 0 Å². The van der Waals surface area contributed by atoms with Crippen LogP contribution < -0.4 is 10.6 Å². The normalized spacial score (nSPS) is 17.0. The quantitative estimate of drug-likeness (QED) is 0.284. The number of aryl methyl sites for hydroxylation is 1.